The topological polar surface area (TPSA) is 98.6 Å². The minimum absolute atomic E-state index is 0.00606. The van der Waals surface area contributed by atoms with Crippen molar-refractivity contribution in [2.45, 2.75) is 49.7 Å². The Bertz CT molecular complexity index is 936. The molecule has 0 spiro atoms. The van der Waals surface area contributed by atoms with Gasteiger partial charge < -0.3 is 19.7 Å². The first kappa shape index (κ1) is 22.8. The molecule has 2 aliphatic heterocycles. The lowest BCUT2D eigenvalue weighted by Crippen LogP contribution is -2.38. The summed E-state index contributed by atoms with van der Waals surface area (Å²) in [5.41, 5.74) is 1.27. The average Bonchev–Trinajstić information content (AvgIpc) is 3.45. The molecular formula is C22H29N5O4S. The van der Waals surface area contributed by atoms with Crippen molar-refractivity contribution in [2.75, 3.05) is 43.1 Å². The van der Waals surface area contributed by atoms with Gasteiger partial charge in [0.1, 0.15) is 0 Å². The number of carbonyl (C=O) groups is 2. The summed E-state index contributed by atoms with van der Waals surface area (Å²) in [5.74, 6) is 0.664. The van der Waals surface area contributed by atoms with Crippen molar-refractivity contribution in [2.24, 2.45) is 0 Å². The van der Waals surface area contributed by atoms with Crippen LogP contribution in [0.25, 0.3) is 0 Å². The van der Waals surface area contributed by atoms with Crippen LogP contribution in [0.15, 0.2) is 29.4 Å². The summed E-state index contributed by atoms with van der Waals surface area (Å²) >= 11 is 1.38. The molecule has 0 saturated carbocycles. The van der Waals surface area contributed by atoms with Crippen LogP contribution in [0.5, 0.6) is 0 Å². The van der Waals surface area contributed by atoms with Gasteiger partial charge in [0.2, 0.25) is 11.9 Å². The Hall–Kier alpha value is -2.43. The molecule has 2 atom stereocenters. The standard InChI is InChI=1S/C22H29N5O4S/c1-15(28)17-5-7-18(8-6-17)23-20(29)16(2)32-22-25-24-21(26-9-12-30-13-10-26)27(22)14-19-4-3-11-31-19/h5-8,16,19H,3-4,9-14H2,1-2H3,(H,23,29). The molecule has 2 saturated heterocycles. The number of morpholine rings is 1. The highest BCUT2D eigenvalue weighted by Crippen LogP contribution is 2.29. The molecule has 0 aliphatic carbocycles. The van der Waals surface area contributed by atoms with Crippen molar-refractivity contribution in [3.05, 3.63) is 29.8 Å². The van der Waals surface area contributed by atoms with E-state index < -0.39 is 0 Å². The van der Waals surface area contributed by atoms with Crippen LogP contribution in [0.1, 0.15) is 37.0 Å². The maximum absolute atomic E-state index is 12.8. The number of benzene rings is 1. The van der Waals surface area contributed by atoms with Gasteiger partial charge in [-0.15, -0.1) is 10.2 Å². The Morgan fingerprint density at radius 1 is 1.19 bits per heavy atom. The van der Waals surface area contributed by atoms with Crippen molar-refractivity contribution >= 4 is 35.1 Å². The number of Topliss-reactive ketones (excluding diaryl/α,β-unsaturated/α-hetero) is 1. The first-order chi connectivity index (χ1) is 15.5. The van der Waals surface area contributed by atoms with Crippen LogP contribution in [0, 0.1) is 0 Å². The number of ketones is 1. The van der Waals surface area contributed by atoms with Gasteiger partial charge in [0.25, 0.3) is 0 Å². The zero-order valence-corrected chi connectivity index (χ0v) is 19.3. The molecule has 10 heteroatoms. The van der Waals surface area contributed by atoms with Crippen molar-refractivity contribution in [1.82, 2.24) is 14.8 Å². The molecule has 2 aliphatic rings. The second-order valence-corrected chi connectivity index (χ2v) is 9.32. The summed E-state index contributed by atoms with van der Waals surface area (Å²) in [6, 6.07) is 6.90. The summed E-state index contributed by atoms with van der Waals surface area (Å²) in [6.07, 6.45) is 2.20. The number of ether oxygens (including phenoxy) is 2. The third-order valence-corrected chi connectivity index (χ3v) is 6.69. The van der Waals surface area contributed by atoms with E-state index >= 15 is 0 Å². The van der Waals surface area contributed by atoms with Gasteiger partial charge in [-0.1, -0.05) is 11.8 Å². The predicted octanol–water partition coefficient (Wildman–Crippen LogP) is 2.62. The quantitative estimate of drug-likeness (QED) is 0.475. The normalized spacial score (nSPS) is 19.7. The largest absolute Gasteiger partial charge is 0.378 e. The van der Waals surface area contributed by atoms with Gasteiger partial charge in [-0.05, 0) is 51.0 Å². The van der Waals surface area contributed by atoms with Gasteiger partial charge in [0.05, 0.1) is 31.1 Å². The monoisotopic (exact) mass is 459 g/mol. The fourth-order valence-corrected chi connectivity index (χ4v) is 4.61. The Morgan fingerprint density at radius 3 is 2.59 bits per heavy atom. The molecule has 1 aromatic heterocycles. The number of carbonyl (C=O) groups excluding carboxylic acids is 2. The number of hydrogen-bond donors (Lipinski definition) is 1. The van der Waals surface area contributed by atoms with E-state index in [1.807, 2.05) is 6.92 Å². The van der Waals surface area contributed by atoms with Gasteiger partial charge in [-0.25, -0.2) is 0 Å². The van der Waals surface area contributed by atoms with Gasteiger partial charge >= 0.3 is 0 Å². The zero-order chi connectivity index (χ0) is 22.5. The van der Waals surface area contributed by atoms with Crippen LogP contribution in [-0.4, -0.2) is 70.7 Å². The van der Waals surface area contributed by atoms with E-state index in [-0.39, 0.29) is 23.0 Å². The maximum atomic E-state index is 12.8. The molecule has 1 N–H and O–H groups in total. The molecule has 2 unspecified atom stereocenters. The van der Waals surface area contributed by atoms with E-state index in [1.165, 1.54) is 18.7 Å². The third kappa shape index (κ3) is 5.48. The highest BCUT2D eigenvalue weighted by molar-refractivity contribution is 8.00. The van der Waals surface area contributed by atoms with Gasteiger partial charge in [0.15, 0.2) is 10.9 Å². The summed E-state index contributed by atoms with van der Waals surface area (Å²) in [5, 5.41) is 12.1. The fourth-order valence-electron chi connectivity index (χ4n) is 3.76. The van der Waals surface area contributed by atoms with Crippen LogP contribution in [0.3, 0.4) is 0 Å². The van der Waals surface area contributed by atoms with Crippen LogP contribution < -0.4 is 10.2 Å². The molecule has 32 heavy (non-hydrogen) atoms. The molecule has 3 heterocycles. The Labute approximate surface area is 191 Å². The van der Waals surface area contributed by atoms with E-state index in [1.54, 1.807) is 24.3 Å². The fraction of sp³-hybridized carbons (Fsp3) is 0.545. The summed E-state index contributed by atoms with van der Waals surface area (Å²) in [6.45, 7) is 7.67. The molecule has 9 nitrogen and oxygen atoms in total. The smallest absolute Gasteiger partial charge is 0.237 e. The zero-order valence-electron chi connectivity index (χ0n) is 18.5. The molecule has 0 bridgehead atoms. The summed E-state index contributed by atoms with van der Waals surface area (Å²) in [4.78, 5) is 26.4. The number of thioether (sulfide) groups is 1. The van der Waals surface area contributed by atoms with E-state index in [0.29, 0.717) is 36.2 Å². The molecule has 1 amide bonds. The molecule has 2 fully saturated rings. The first-order valence-electron chi connectivity index (χ1n) is 11.0. The number of hydrogen-bond acceptors (Lipinski definition) is 8. The van der Waals surface area contributed by atoms with Gasteiger partial charge in [-0.3, -0.25) is 14.2 Å². The van der Waals surface area contributed by atoms with Crippen molar-refractivity contribution in [3.63, 3.8) is 0 Å². The second-order valence-electron chi connectivity index (χ2n) is 8.01. The Morgan fingerprint density at radius 2 is 1.94 bits per heavy atom. The predicted molar refractivity (Wildman–Crippen MR) is 122 cm³/mol. The minimum atomic E-state index is -0.382. The molecular weight excluding hydrogens is 430 g/mol. The number of aromatic nitrogens is 3. The lowest BCUT2D eigenvalue weighted by molar-refractivity contribution is -0.115. The van der Waals surface area contributed by atoms with Crippen molar-refractivity contribution < 1.29 is 19.1 Å². The van der Waals surface area contributed by atoms with Gasteiger partial charge in [0, 0.05) is 30.9 Å². The van der Waals surface area contributed by atoms with E-state index in [2.05, 4.69) is 25.0 Å². The SMILES string of the molecule is CC(=O)c1ccc(NC(=O)C(C)Sc2nnc(N3CCOCC3)n2CC2CCCO2)cc1. The minimum Gasteiger partial charge on any atom is -0.378 e. The van der Waals surface area contributed by atoms with Crippen LogP contribution in [0.2, 0.25) is 0 Å². The number of amides is 1. The number of rotatable bonds is 8. The Kier molecular flexibility index (Phi) is 7.44. The first-order valence-corrected chi connectivity index (χ1v) is 11.9. The lowest BCUT2D eigenvalue weighted by atomic mass is 10.1. The van der Waals surface area contributed by atoms with E-state index in [9.17, 15) is 9.59 Å². The molecule has 2 aromatic rings. The maximum Gasteiger partial charge on any atom is 0.237 e. The van der Waals surface area contributed by atoms with Crippen LogP contribution in [0.4, 0.5) is 11.6 Å². The average molecular weight is 460 g/mol. The molecule has 0 radical (unpaired) electrons. The number of nitrogens with zero attached hydrogens (tertiary/aromatic N) is 4. The summed E-state index contributed by atoms with van der Waals surface area (Å²) in [7, 11) is 0. The number of anilines is 2. The van der Waals surface area contributed by atoms with Gasteiger partial charge in [-0.2, -0.15) is 0 Å². The van der Waals surface area contributed by atoms with E-state index in [0.717, 1.165) is 38.5 Å². The van der Waals surface area contributed by atoms with E-state index in [4.69, 9.17) is 9.47 Å². The van der Waals surface area contributed by atoms with Crippen LogP contribution in [-0.2, 0) is 20.8 Å². The number of nitrogens with one attached hydrogen (secondary N) is 1. The molecule has 1 aromatic carbocycles. The lowest BCUT2D eigenvalue weighted by Gasteiger charge is -2.28. The highest BCUT2D eigenvalue weighted by atomic mass is 32.2. The molecule has 4 rings (SSSR count). The second kappa shape index (κ2) is 10.5. The van der Waals surface area contributed by atoms with Crippen LogP contribution >= 0.6 is 11.8 Å². The van der Waals surface area contributed by atoms with Crippen molar-refractivity contribution in [1.29, 1.82) is 0 Å². The Balaban J connectivity index is 1.46. The summed E-state index contributed by atoms with van der Waals surface area (Å²) < 4.78 is 13.4. The highest BCUT2D eigenvalue weighted by Gasteiger charge is 2.27. The molecule has 172 valence electrons. The third-order valence-electron chi connectivity index (χ3n) is 5.61. The van der Waals surface area contributed by atoms with Crippen molar-refractivity contribution in [3.8, 4) is 0 Å².